The number of benzene rings is 1. The van der Waals surface area contributed by atoms with E-state index in [9.17, 15) is 4.79 Å². The van der Waals surface area contributed by atoms with Gasteiger partial charge in [-0.1, -0.05) is 18.2 Å². The highest BCUT2D eigenvalue weighted by molar-refractivity contribution is 5.93. The van der Waals surface area contributed by atoms with E-state index in [1.54, 1.807) is 11.2 Å². The van der Waals surface area contributed by atoms with Crippen LogP contribution in [0.15, 0.2) is 35.4 Å². The Kier molecular flexibility index (Phi) is 1.96. The number of hydrogen-bond acceptors (Lipinski definition) is 3. The summed E-state index contributed by atoms with van der Waals surface area (Å²) in [6, 6.07) is 9.66. The molecule has 1 aliphatic heterocycles. The fourth-order valence-corrected chi connectivity index (χ4v) is 1.18. The van der Waals surface area contributed by atoms with Gasteiger partial charge in [0.05, 0.1) is 0 Å². The van der Waals surface area contributed by atoms with Gasteiger partial charge in [0.25, 0.3) is 5.91 Å². The first kappa shape index (κ1) is 7.79. The molecule has 2 rings (SSSR count). The van der Waals surface area contributed by atoms with Crippen molar-refractivity contribution in [1.29, 1.82) is 0 Å². The minimum Gasteiger partial charge on any atom is -0.321 e. The molecule has 4 nitrogen and oxygen atoms in total. The van der Waals surface area contributed by atoms with E-state index in [-0.39, 0.29) is 5.91 Å². The minimum absolute atomic E-state index is 0.0913. The normalized spacial score (nSPS) is 15.7. The second kappa shape index (κ2) is 3.26. The fraction of sp³-hybridized carbons (Fsp3) is 0.111. The molecule has 1 heterocycles. The molecule has 0 atom stereocenters. The summed E-state index contributed by atoms with van der Waals surface area (Å²) in [5.41, 5.74) is 3.34. The maximum atomic E-state index is 11.0. The average Bonchev–Trinajstić information content (AvgIpc) is 2.19. The highest BCUT2D eigenvalue weighted by atomic mass is 16.2. The van der Waals surface area contributed by atoms with Crippen molar-refractivity contribution in [1.82, 2.24) is 5.43 Å². The Labute approximate surface area is 75.9 Å². The van der Waals surface area contributed by atoms with Crippen molar-refractivity contribution >= 4 is 17.9 Å². The molecule has 0 aliphatic carbocycles. The number of nitrogens with one attached hydrogen (secondary N) is 1. The van der Waals surface area contributed by atoms with E-state index in [0.29, 0.717) is 6.54 Å². The molecule has 1 N–H and O–H groups in total. The lowest BCUT2D eigenvalue weighted by atomic mass is 10.3. The van der Waals surface area contributed by atoms with Crippen LogP contribution >= 0.6 is 0 Å². The monoisotopic (exact) mass is 175 g/mol. The van der Waals surface area contributed by atoms with Gasteiger partial charge in [-0.2, -0.15) is 5.10 Å². The van der Waals surface area contributed by atoms with Gasteiger partial charge in [0.2, 0.25) is 0 Å². The van der Waals surface area contributed by atoms with Crippen molar-refractivity contribution in [2.24, 2.45) is 5.10 Å². The van der Waals surface area contributed by atoms with Crippen LogP contribution in [-0.2, 0) is 4.79 Å². The third-order valence-electron chi connectivity index (χ3n) is 1.79. The number of rotatable bonds is 1. The van der Waals surface area contributed by atoms with Crippen LogP contribution < -0.4 is 10.3 Å². The summed E-state index contributed by atoms with van der Waals surface area (Å²) in [6.07, 6.45) is 1.61. The molecule has 13 heavy (non-hydrogen) atoms. The van der Waals surface area contributed by atoms with Gasteiger partial charge in [0.15, 0.2) is 0 Å². The van der Waals surface area contributed by atoms with Crippen molar-refractivity contribution in [2.75, 3.05) is 11.4 Å². The first-order valence-corrected chi connectivity index (χ1v) is 4.00. The van der Waals surface area contributed by atoms with Crippen molar-refractivity contribution in [3.05, 3.63) is 30.3 Å². The lowest BCUT2D eigenvalue weighted by Crippen LogP contribution is -2.39. The lowest BCUT2D eigenvalue weighted by Gasteiger charge is -2.21. The maximum absolute atomic E-state index is 11.0. The number of anilines is 1. The zero-order chi connectivity index (χ0) is 9.10. The average molecular weight is 175 g/mol. The van der Waals surface area contributed by atoms with E-state index in [1.807, 2.05) is 30.3 Å². The van der Waals surface area contributed by atoms with E-state index in [1.165, 1.54) is 0 Å². The summed E-state index contributed by atoms with van der Waals surface area (Å²) < 4.78 is 0. The van der Waals surface area contributed by atoms with Crippen LogP contribution in [-0.4, -0.2) is 18.8 Å². The largest absolute Gasteiger partial charge is 0.321 e. The number of para-hydroxylation sites is 1. The van der Waals surface area contributed by atoms with E-state index in [2.05, 4.69) is 10.5 Å². The highest BCUT2D eigenvalue weighted by Gasteiger charge is 2.12. The Morgan fingerprint density at radius 2 is 2.08 bits per heavy atom. The Hall–Kier alpha value is -1.84. The van der Waals surface area contributed by atoms with Crippen molar-refractivity contribution < 1.29 is 4.79 Å². The first-order valence-electron chi connectivity index (χ1n) is 4.00. The van der Waals surface area contributed by atoms with Gasteiger partial charge in [0, 0.05) is 5.69 Å². The summed E-state index contributed by atoms with van der Waals surface area (Å²) >= 11 is 0. The van der Waals surface area contributed by atoms with Crippen LogP contribution in [0, 0.1) is 0 Å². The van der Waals surface area contributed by atoms with E-state index in [4.69, 9.17) is 0 Å². The van der Waals surface area contributed by atoms with Gasteiger partial charge >= 0.3 is 0 Å². The zero-order valence-electron chi connectivity index (χ0n) is 6.97. The summed E-state index contributed by atoms with van der Waals surface area (Å²) in [7, 11) is 0. The molecule has 0 fully saturated rings. The number of amides is 1. The summed E-state index contributed by atoms with van der Waals surface area (Å²) in [5, 5.41) is 3.72. The predicted molar refractivity (Wildman–Crippen MR) is 50.4 cm³/mol. The van der Waals surface area contributed by atoms with Gasteiger partial charge in [-0.3, -0.25) is 4.79 Å². The van der Waals surface area contributed by atoms with Crippen molar-refractivity contribution in [3.8, 4) is 0 Å². The molecule has 0 radical (unpaired) electrons. The molecule has 1 aliphatic rings. The summed E-state index contributed by atoms with van der Waals surface area (Å²) in [5.74, 6) is -0.0913. The molecule has 66 valence electrons. The topological polar surface area (TPSA) is 44.7 Å². The smallest absolute Gasteiger partial charge is 0.260 e. The van der Waals surface area contributed by atoms with E-state index >= 15 is 0 Å². The molecule has 0 bridgehead atoms. The Balaban J connectivity index is 2.22. The minimum atomic E-state index is -0.0913. The van der Waals surface area contributed by atoms with E-state index in [0.717, 1.165) is 5.69 Å². The number of carbonyl (C=O) groups excluding carboxylic acids is 1. The van der Waals surface area contributed by atoms with Gasteiger partial charge in [-0.25, -0.2) is 5.43 Å². The van der Waals surface area contributed by atoms with Gasteiger partial charge in [0.1, 0.15) is 12.9 Å². The third kappa shape index (κ3) is 1.66. The number of hydrazone groups is 1. The van der Waals surface area contributed by atoms with Gasteiger partial charge < -0.3 is 4.90 Å². The third-order valence-corrected chi connectivity index (χ3v) is 1.79. The molecule has 1 aromatic carbocycles. The molecule has 0 spiro atoms. The Morgan fingerprint density at radius 1 is 1.31 bits per heavy atom. The number of nitrogens with zero attached hydrogens (tertiary/aromatic N) is 2. The second-order valence-corrected chi connectivity index (χ2v) is 2.74. The molecule has 1 amide bonds. The maximum Gasteiger partial charge on any atom is 0.260 e. The molecular formula is C9H9N3O. The Bertz CT molecular complexity index is 334. The van der Waals surface area contributed by atoms with Gasteiger partial charge in [-0.05, 0) is 12.1 Å². The molecule has 1 aromatic rings. The van der Waals surface area contributed by atoms with Crippen LogP contribution in [0.4, 0.5) is 5.69 Å². The van der Waals surface area contributed by atoms with Crippen molar-refractivity contribution in [2.45, 2.75) is 0 Å². The van der Waals surface area contributed by atoms with Crippen LogP contribution in [0.3, 0.4) is 0 Å². The van der Waals surface area contributed by atoms with Crippen LogP contribution in [0.5, 0.6) is 0 Å². The molecule has 0 saturated carbocycles. The first-order chi connectivity index (χ1) is 6.36. The fourth-order valence-electron chi connectivity index (χ4n) is 1.18. The molecular weight excluding hydrogens is 166 g/mol. The van der Waals surface area contributed by atoms with Crippen LogP contribution in [0.2, 0.25) is 0 Å². The van der Waals surface area contributed by atoms with Crippen LogP contribution in [0.25, 0.3) is 0 Å². The zero-order valence-corrected chi connectivity index (χ0v) is 6.97. The van der Waals surface area contributed by atoms with Gasteiger partial charge in [-0.15, -0.1) is 0 Å². The summed E-state index contributed by atoms with van der Waals surface area (Å²) in [6.45, 7) is 0.327. The molecule has 0 unspecified atom stereocenters. The Morgan fingerprint density at radius 3 is 2.77 bits per heavy atom. The predicted octanol–water partition coefficient (Wildman–Crippen LogP) is 0.566. The summed E-state index contributed by atoms with van der Waals surface area (Å²) in [4.78, 5) is 12.8. The highest BCUT2D eigenvalue weighted by Crippen LogP contribution is 2.11. The molecule has 0 aromatic heterocycles. The van der Waals surface area contributed by atoms with Crippen LogP contribution in [0.1, 0.15) is 0 Å². The SMILES string of the molecule is O=C1CN(c2ccccc2)C=NN1. The number of hydrogen-bond donors (Lipinski definition) is 1. The quantitative estimate of drug-likeness (QED) is 0.678. The number of carbonyl (C=O) groups is 1. The van der Waals surface area contributed by atoms with E-state index < -0.39 is 0 Å². The van der Waals surface area contributed by atoms with Crippen molar-refractivity contribution in [3.63, 3.8) is 0 Å². The second-order valence-electron chi connectivity index (χ2n) is 2.74. The molecule has 0 saturated heterocycles. The molecule has 4 heteroatoms. The standard InChI is InChI=1S/C9H9N3O/c13-9-6-12(7-10-11-9)8-4-2-1-3-5-8/h1-5,7H,6H2,(H,11,13). The lowest BCUT2D eigenvalue weighted by molar-refractivity contribution is -0.119.